The van der Waals surface area contributed by atoms with Gasteiger partial charge >= 0.3 is 6.29 Å². The van der Waals surface area contributed by atoms with Crippen molar-refractivity contribution >= 4 is 10.9 Å². The van der Waals surface area contributed by atoms with Crippen molar-refractivity contribution in [2.24, 2.45) is 7.05 Å². The summed E-state index contributed by atoms with van der Waals surface area (Å²) in [6.07, 6.45) is -1.64. The van der Waals surface area contributed by atoms with Gasteiger partial charge in [-0.1, -0.05) is 30.3 Å². The molecule has 1 aliphatic heterocycles. The van der Waals surface area contributed by atoms with Crippen LogP contribution in [0.4, 0.5) is 8.78 Å². The molecule has 22 heavy (non-hydrogen) atoms. The molecule has 114 valence electrons. The van der Waals surface area contributed by atoms with E-state index in [1.54, 1.807) is 19.1 Å². The third kappa shape index (κ3) is 2.72. The zero-order chi connectivity index (χ0) is 15.7. The first-order valence-corrected chi connectivity index (χ1v) is 6.68. The number of aryl methyl sites for hydroxylation is 2. The second kappa shape index (κ2) is 5.29. The summed E-state index contributed by atoms with van der Waals surface area (Å²) in [4.78, 5) is 0. The highest BCUT2D eigenvalue weighted by atomic mass is 19.3. The maximum Gasteiger partial charge on any atom is 0.586 e. The summed E-state index contributed by atoms with van der Waals surface area (Å²) in [5.74, 6) is 0.225. The molecule has 2 heterocycles. The number of hydrogen-bond acceptors (Lipinski definition) is 3. The molecule has 3 aromatic rings. The second-order valence-electron chi connectivity index (χ2n) is 4.90. The van der Waals surface area contributed by atoms with Gasteiger partial charge in [0, 0.05) is 12.4 Å². The zero-order valence-corrected chi connectivity index (χ0v) is 12.1. The van der Waals surface area contributed by atoms with Gasteiger partial charge in [-0.05, 0) is 24.6 Å². The number of rotatable bonds is 0. The lowest BCUT2D eigenvalue weighted by Gasteiger charge is -2.04. The van der Waals surface area contributed by atoms with Crippen LogP contribution in [-0.2, 0) is 7.05 Å². The van der Waals surface area contributed by atoms with Crippen molar-refractivity contribution in [2.45, 2.75) is 13.2 Å². The number of benzene rings is 2. The lowest BCUT2D eigenvalue weighted by molar-refractivity contribution is -0.286. The second-order valence-corrected chi connectivity index (χ2v) is 4.90. The lowest BCUT2D eigenvalue weighted by Crippen LogP contribution is -2.26. The number of fused-ring (bicyclic) bond motifs is 2. The molecule has 0 saturated carbocycles. The molecule has 0 aliphatic carbocycles. The maximum absolute atomic E-state index is 12.5. The number of para-hydroxylation sites is 2. The largest absolute Gasteiger partial charge is 0.586 e. The summed E-state index contributed by atoms with van der Waals surface area (Å²) in [5.41, 5.74) is 1.83. The Morgan fingerprint density at radius 2 is 1.82 bits per heavy atom. The minimum absolute atomic E-state index is 0.0972. The van der Waals surface area contributed by atoms with Gasteiger partial charge < -0.3 is 9.47 Å². The highest BCUT2D eigenvalue weighted by molar-refractivity contribution is 5.78. The predicted octanol–water partition coefficient (Wildman–Crippen LogP) is 3.89. The molecule has 0 N–H and O–H groups in total. The van der Waals surface area contributed by atoms with Gasteiger partial charge in [-0.3, -0.25) is 4.68 Å². The van der Waals surface area contributed by atoms with Crippen LogP contribution in [0.25, 0.3) is 10.9 Å². The Labute approximate surface area is 125 Å². The van der Waals surface area contributed by atoms with Gasteiger partial charge in [0.1, 0.15) is 0 Å². The Morgan fingerprint density at radius 1 is 1.05 bits per heavy atom. The zero-order valence-electron chi connectivity index (χ0n) is 12.1. The van der Waals surface area contributed by atoms with Crippen molar-refractivity contribution in [3.63, 3.8) is 0 Å². The van der Waals surface area contributed by atoms with Gasteiger partial charge in [-0.2, -0.15) is 5.10 Å². The predicted molar refractivity (Wildman–Crippen MR) is 78.1 cm³/mol. The van der Waals surface area contributed by atoms with Gasteiger partial charge in [0.05, 0.1) is 11.7 Å². The van der Waals surface area contributed by atoms with E-state index in [0.29, 0.717) is 5.56 Å². The molecule has 0 fully saturated rings. The van der Waals surface area contributed by atoms with Crippen LogP contribution in [0.3, 0.4) is 0 Å². The molecule has 0 radical (unpaired) electrons. The standard InChI is InChI=1S/C8H6F2O2.C8H8N2/c1-5-3-2-4-6-7(5)12-8(9,10)11-6;1-10-8-5-3-2-4-7(8)6-9-10/h2-4H,1H3;2-6H,1H3. The molecule has 1 aromatic heterocycles. The van der Waals surface area contributed by atoms with E-state index in [-0.39, 0.29) is 11.5 Å². The average molecular weight is 304 g/mol. The quantitative estimate of drug-likeness (QED) is 0.632. The van der Waals surface area contributed by atoms with Crippen LogP contribution in [0.5, 0.6) is 11.5 Å². The number of nitrogens with zero attached hydrogens (tertiary/aromatic N) is 2. The van der Waals surface area contributed by atoms with Gasteiger partial charge in [-0.15, -0.1) is 8.78 Å². The molecule has 0 bridgehead atoms. The first-order chi connectivity index (χ1) is 10.5. The molecule has 0 saturated heterocycles. The molecule has 4 nitrogen and oxygen atoms in total. The molecule has 0 amide bonds. The van der Waals surface area contributed by atoms with Crippen molar-refractivity contribution in [3.05, 3.63) is 54.2 Å². The normalized spacial score (nSPS) is 14.5. The fourth-order valence-corrected chi connectivity index (χ4v) is 2.21. The monoisotopic (exact) mass is 304 g/mol. The smallest absolute Gasteiger partial charge is 0.395 e. The van der Waals surface area contributed by atoms with Crippen molar-refractivity contribution in [3.8, 4) is 11.5 Å². The minimum Gasteiger partial charge on any atom is -0.395 e. The maximum atomic E-state index is 12.5. The summed E-state index contributed by atoms with van der Waals surface area (Å²) in [6.45, 7) is 1.68. The third-order valence-corrected chi connectivity index (χ3v) is 3.28. The molecule has 6 heteroatoms. The fraction of sp³-hybridized carbons (Fsp3) is 0.188. The van der Waals surface area contributed by atoms with E-state index in [0.717, 1.165) is 0 Å². The van der Waals surface area contributed by atoms with Crippen LogP contribution in [0.1, 0.15) is 5.56 Å². The highest BCUT2D eigenvalue weighted by Gasteiger charge is 2.43. The van der Waals surface area contributed by atoms with E-state index < -0.39 is 6.29 Å². The van der Waals surface area contributed by atoms with E-state index in [1.165, 1.54) is 17.0 Å². The van der Waals surface area contributed by atoms with Gasteiger partial charge in [0.25, 0.3) is 0 Å². The topological polar surface area (TPSA) is 36.3 Å². The molecule has 0 unspecified atom stereocenters. The number of aromatic nitrogens is 2. The van der Waals surface area contributed by atoms with Crippen molar-refractivity contribution < 1.29 is 18.3 Å². The van der Waals surface area contributed by atoms with Crippen LogP contribution < -0.4 is 9.47 Å². The van der Waals surface area contributed by atoms with Crippen LogP contribution in [0, 0.1) is 6.92 Å². The summed E-state index contributed by atoms with van der Waals surface area (Å²) >= 11 is 0. The first kappa shape index (κ1) is 14.3. The third-order valence-electron chi connectivity index (χ3n) is 3.28. The lowest BCUT2D eigenvalue weighted by atomic mass is 10.2. The molecular weight excluding hydrogens is 290 g/mol. The van der Waals surface area contributed by atoms with E-state index in [4.69, 9.17) is 0 Å². The van der Waals surface area contributed by atoms with Gasteiger partial charge in [-0.25, -0.2) is 0 Å². The SMILES string of the molecule is Cc1cccc2c1OC(F)(F)O2.Cn1ncc2ccccc21. The first-order valence-electron chi connectivity index (χ1n) is 6.68. The summed E-state index contributed by atoms with van der Waals surface area (Å²) in [6, 6.07) is 12.9. The van der Waals surface area contributed by atoms with Gasteiger partial charge in [0.15, 0.2) is 11.5 Å². The van der Waals surface area contributed by atoms with E-state index in [9.17, 15) is 8.78 Å². The van der Waals surface area contributed by atoms with E-state index in [2.05, 4.69) is 26.7 Å². The van der Waals surface area contributed by atoms with Crippen LogP contribution in [0.15, 0.2) is 48.7 Å². The van der Waals surface area contributed by atoms with E-state index in [1.807, 2.05) is 30.1 Å². The molecular formula is C16H14F2N2O2. The van der Waals surface area contributed by atoms with E-state index >= 15 is 0 Å². The summed E-state index contributed by atoms with van der Waals surface area (Å²) in [5, 5.41) is 5.31. The Kier molecular flexibility index (Phi) is 3.44. The summed E-state index contributed by atoms with van der Waals surface area (Å²) in [7, 11) is 1.95. The Hall–Kier alpha value is -2.63. The Morgan fingerprint density at radius 3 is 2.55 bits per heavy atom. The number of hydrogen-bond donors (Lipinski definition) is 0. The molecule has 1 aliphatic rings. The number of ether oxygens (including phenoxy) is 2. The highest BCUT2D eigenvalue weighted by Crippen LogP contribution is 2.42. The molecule has 0 atom stereocenters. The van der Waals surface area contributed by atoms with Gasteiger partial charge in [0.2, 0.25) is 0 Å². The molecule has 0 spiro atoms. The minimum atomic E-state index is -3.51. The number of alkyl halides is 2. The fourth-order valence-electron chi connectivity index (χ4n) is 2.21. The average Bonchev–Trinajstić information content (AvgIpc) is 3.01. The van der Waals surface area contributed by atoms with Crippen molar-refractivity contribution in [1.29, 1.82) is 0 Å². The van der Waals surface area contributed by atoms with Crippen LogP contribution in [-0.4, -0.2) is 16.1 Å². The Bertz CT molecular complexity index is 815. The van der Waals surface area contributed by atoms with Crippen LogP contribution in [0.2, 0.25) is 0 Å². The Balaban J connectivity index is 0.000000133. The number of halogens is 2. The summed E-state index contributed by atoms with van der Waals surface area (Å²) < 4.78 is 35.3. The van der Waals surface area contributed by atoms with Crippen molar-refractivity contribution in [2.75, 3.05) is 0 Å². The molecule has 2 aromatic carbocycles. The van der Waals surface area contributed by atoms with Crippen molar-refractivity contribution in [1.82, 2.24) is 9.78 Å². The van der Waals surface area contributed by atoms with Crippen LogP contribution >= 0.6 is 0 Å². The molecule has 4 rings (SSSR count).